The summed E-state index contributed by atoms with van der Waals surface area (Å²) >= 11 is 3.63. The van der Waals surface area contributed by atoms with Crippen LogP contribution in [0.25, 0.3) is 0 Å². The molecule has 1 heterocycles. The summed E-state index contributed by atoms with van der Waals surface area (Å²) in [6.07, 6.45) is 5.75. The lowest BCUT2D eigenvalue weighted by Crippen LogP contribution is -2.08. The van der Waals surface area contributed by atoms with E-state index in [2.05, 4.69) is 40.1 Å². The van der Waals surface area contributed by atoms with E-state index in [0.717, 1.165) is 47.6 Å². The molecule has 94 valence electrons. The maximum absolute atomic E-state index is 4.69. The molecule has 0 aliphatic heterocycles. The molecule has 0 atom stereocenters. The Balaban J connectivity index is 2.27. The van der Waals surface area contributed by atoms with E-state index < -0.39 is 0 Å². The summed E-state index contributed by atoms with van der Waals surface area (Å²) in [6.45, 7) is 5.31. The Morgan fingerprint density at radius 3 is 2.59 bits per heavy atom. The number of nitrogens with one attached hydrogen (secondary N) is 1. The van der Waals surface area contributed by atoms with Gasteiger partial charge in [-0.3, -0.25) is 0 Å². The molecule has 17 heavy (non-hydrogen) atoms. The van der Waals surface area contributed by atoms with E-state index in [-0.39, 0.29) is 0 Å². The number of hydrogen-bond acceptors (Lipinski definition) is 3. The number of aromatic nitrogens is 2. The molecular formula is C13H20BrN3. The van der Waals surface area contributed by atoms with Crippen LogP contribution in [0, 0.1) is 0 Å². The molecule has 1 aliphatic carbocycles. The summed E-state index contributed by atoms with van der Waals surface area (Å²) in [4.78, 5) is 9.34. The molecule has 0 saturated heterocycles. The fourth-order valence-electron chi connectivity index (χ4n) is 1.80. The second-order valence-corrected chi connectivity index (χ2v) is 5.44. The summed E-state index contributed by atoms with van der Waals surface area (Å²) in [5, 5.41) is 3.39. The number of anilines is 1. The van der Waals surface area contributed by atoms with Gasteiger partial charge >= 0.3 is 0 Å². The van der Waals surface area contributed by atoms with Crippen molar-refractivity contribution in [2.24, 2.45) is 0 Å². The van der Waals surface area contributed by atoms with Gasteiger partial charge in [-0.15, -0.1) is 0 Å². The Hall–Kier alpha value is -0.640. The van der Waals surface area contributed by atoms with Crippen molar-refractivity contribution in [1.82, 2.24) is 9.97 Å². The van der Waals surface area contributed by atoms with Gasteiger partial charge in [0, 0.05) is 12.5 Å². The highest BCUT2D eigenvalue weighted by Crippen LogP contribution is 2.39. The molecule has 1 N–H and O–H groups in total. The highest BCUT2D eigenvalue weighted by Gasteiger charge is 2.28. The van der Waals surface area contributed by atoms with Crippen LogP contribution in [-0.4, -0.2) is 16.5 Å². The summed E-state index contributed by atoms with van der Waals surface area (Å²) in [6, 6.07) is 0. The zero-order valence-electron chi connectivity index (χ0n) is 10.6. The third kappa shape index (κ3) is 3.18. The molecule has 2 rings (SSSR count). The molecule has 1 saturated carbocycles. The van der Waals surface area contributed by atoms with Crippen LogP contribution in [-0.2, 0) is 6.42 Å². The summed E-state index contributed by atoms with van der Waals surface area (Å²) in [7, 11) is 0. The van der Waals surface area contributed by atoms with E-state index in [9.17, 15) is 0 Å². The van der Waals surface area contributed by atoms with Gasteiger partial charge in [0.1, 0.15) is 11.6 Å². The smallest absolute Gasteiger partial charge is 0.144 e. The average Bonchev–Trinajstić information content (AvgIpc) is 3.14. The van der Waals surface area contributed by atoms with E-state index in [1.807, 2.05) is 0 Å². The average molecular weight is 298 g/mol. The monoisotopic (exact) mass is 297 g/mol. The van der Waals surface area contributed by atoms with Crippen LogP contribution in [0.15, 0.2) is 4.47 Å². The third-order valence-corrected chi connectivity index (χ3v) is 3.74. The van der Waals surface area contributed by atoms with Gasteiger partial charge < -0.3 is 5.32 Å². The minimum atomic E-state index is 0.612. The highest BCUT2D eigenvalue weighted by atomic mass is 79.9. The maximum Gasteiger partial charge on any atom is 0.144 e. The van der Waals surface area contributed by atoms with Gasteiger partial charge in [0.2, 0.25) is 0 Å². The molecular weight excluding hydrogens is 278 g/mol. The summed E-state index contributed by atoms with van der Waals surface area (Å²) < 4.78 is 1.05. The van der Waals surface area contributed by atoms with Crippen molar-refractivity contribution in [3.05, 3.63) is 16.0 Å². The van der Waals surface area contributed by atoms with Gasteiger partial charge in [-0.1, -0.05) is 20.3 Å². The lowest BCUT2D eigenvalue weighted by atomic mass is 10.2. The minimum Gasteiger partial charge on any atom is -0.369 e. The molecule has 1 aromatic heterocycles. The van der Waals surface area contributed by atoms with E-state index in [0.29, 0.717) is 5.92 Å². The number of aryl methyl sites for hydroxylation is 1. The Kier molecular flexibility index (Phi) is 4.37. The molecule has 0 amide bonds. The van der Waals surface area contributed by atoms with Crippen LogP contribution >= 0.6 is 15.9 Å². The van der Waals surface area contributed by atoms with Crippen molar-refractivity contribution in [1.29, 1.82) is 0 Å². The molecule has 0 radical (unpaired) electrons. The molecule has 3 nitrogen and oxygen atoms in total. The fraction of sp³-hybridized carbons (Fsp3) is 0.692. The van der Waals surface area contributed by atoms with Crippen molar-refractivity contribution in [3.8, 4) is 0 Å². The van der Waals surface area contributed by atoms with Crippen LogP contribution in [0.1, 0.15) is 57.0 Å². The highest BCUT2D eigenvalue weighted by molar-refractivity contribution is 9.10. The Morgan fingerprint density at radius 1 is 1.24 bits per heavy atom. The third-order valence-electron chi connectivity index (χ3n) is 2.91. The number of rotatable bonds is 6. The zero-order chi connectivity index (χ0) is 12.3. The van der Waals surface area contributed by atoms with Gasteiger partial charge in [0.25, 0.3) is 0 Å². The second kappa shape index (κ2) is 5.80. The predicted molar refractivity (Wildman–Crippen MR) is 74.5 cm³/mol. The SMILES string of the molecule is CCCNc1nc(C2CC2)nc(CCC)c1Br. The molecule has 1 aliphatic rings. The van der Waals surface area contributed by atoms with Crippen LogP contribution in [0.2, 0.25) is 0 Å². The van der Waals surface area contributed by atoms with E-state index in [1.165, 1.54) is 12.8 Å². The first-order valence-corrected chi connectivity index (χ1v) is 7.35. The van der Waals surface area contributed by atoms with Crippen molar-refractivity contribution >= 4 is 21.7 Å². The molecule has 1 aromatic rings. The molecule has 4 heteroatoms. The molecule has 1 fully saturated rings. The lowest BCUT2D eigenvalue weighted by Gasteiger charge is -2.12. The van der Waals surface area contributed by atoms with Gasteiger partial charge in [0.15, 0.2) is 0 Å². The largest absolute Gasteiger partial charge is 0.369 e. The predicted octanol–water partition coefficient (Wildman–Crippen LogP) is 3.89. The van der Waals surface area contributed by atoms with E-state index >= 15 is 0 Å². The van der Waals surface area contributed by atoms with Gasteiger partial charge in [-0.05, 0) is 41.6 Å². The van der Waals surface area contributed by atoms with Crippen LogP contribution < -0.4 is 5.32 Å². The first kappa shape index (κ1) is 12.8. The zero-order valence-corrected chi connectivity index (χ0v) is 12.2. The fourth-order valence-corrected chi connectivity index (χ4v) is 2.32. The van der Waals surface area contributed by atoms with Crippen molar-refractivity contribution in [3.63, 3.8) is 0 Å². The maximum atomic E-state index is 4.69. The molecule has 0 spiro atoms. The van der Waals surface area contributed by atoms with Gasteiger partial charge in [-0.25, -0.2) is 9.97 Å². The van der Waals surface area contributed by atoms with E-state index in [4.69, 9.17) is 4.98 Å². The minimum absolute atomic E-state index is 0.612. The molecule has 0 unspecified atom stereocenters. The Labute approximate surface area is 112 Å². The lowest BCUT2D eigenvalue weighted by molar-refractivity contribution is 0.819. The second-order valence-electron chi connectivity index (χ2n) is 4.64. The molecule has 0 bridgehead atoms. The summed E-state index contributed by atoms with van der Waals surface area (Å²) in [5.41, 5.74) is 1.16. The number of hydrogen-bond donors (Lipinski definition) is 1. The molecule has 0 aromatic carbocycles. The van der Waals surface area contributed by atoms with Gasteiger partial charge in [-0.2, -0.15) is 0 Å². The Bertz CT molecular complexity index is 388. The quantitative estimate of drug-likeness (QED) is 0.865. The van der Waals surface area contributed by atoms with Crippen molar-refractivity contribution in [2.75, 3.05) is 11.9 Å². The first-order chi connectivity index (χ1) is 8.26. The van der Waals surface area contributed by atoms with E-state index in [1.54, 1.807) is 0 Å². The number of halogens is 1. The summed E-state index contributed by atoms with van der Waals surface area (Å²) in [5.74, 6) is 2.63. The van der Waals surface area contributed by atoms with Crippen molar-refractivity contribution in [2.45, 2.75) is 51.9 Å². The first-order valence-electron chi connectivity index (χ1n) is 6.56. The van der Waals surface area contributed by atoms with Crippen LogP contribution in [0.5, 0.6) is 0 Å². The van der Waals surface area contributed by atoms with Crippen molar-refractivity contribution < 1.29 is 0 Å². The normalized spacial score (nSPS) is 15.0. The topological polar surface area (TPSA) is 37.8 Å². The van der Waals surface area contributed by atoms with Crippen LogP contribution in [0.4, 0.5) is 5.82 Å². The van der Waals surface area contributed by atoms with Crippen LogP contribution in [0.3, 0.4) is 0 Å². The van der Waals surface area contributed by atoms with Gasteiger partial charge in [0.05, 0.1) is 10.2 Å². The number of nitrogens with zero attached hydrogens (tertiary/aromatic N) is 2. The Morgan fingerprint density at radius 2 is 2.00 bits per heavy atom. The standard InChI is InChI=1S/C13H20BrN3/c1-3-5-10-11(14)13(15-8-4-2)17-12(16-10)9-6-7-9/h9H,3-8H2,1-2H3,(H,15,16,17).